The molecule has 4 aromatic rings. The predicted octanol–water partition coefficient (Wildman–Crippen LogP) is 11.1. The zero-order valence-electron chi connectivity index (χ0n) is 33.1. The van der Waals surface area contributed by atoms with E-state index in [0.717, 1.165) is 40.3 Å². The third kappa shape index (κ3) is 14.5. The van der Waals surface area contributed by atoms with Gasteiger partial charge in [-0.25, -0.2) is 4.79 Å². The summed E-state index contributed by atoms with van der Waals surface area (Å²) in [5, 5.41) is 16.5. The SMILES string of the molecule is C/C=C(\C)C(C)C.CC.CCCCCCCOc1ccc(-c2nc(-c3ccc(CC(NC(=O)c4ccc(C(C)(C)C)cc4)C(=O)O)cc3)no2)cc1. The molecule has 4 rings (SSSR count). The number of carbonyl (C=O) groups excluding carboxylic acids is 1. The van der Waals surface area contributed by atoms with Gasteiger partial charge in [-0.1, -0.05) is 134 Å². The highest BCUT2D eigenvalue weighted by molar-refractivity contribution is 5.96. The summed E-state index contributed by atoms with van der Waals surface area (Å²) >= 11 is 0. The monoisotopic (exact) mass is 711 g/mol. The Balaban J connectivity index is 0.000000930. The van der Waals surface area contributed by atoms with Gasteiger partial charge in [0, 0.05) is 23.1 Å². The van der Waals surface area contributed by atoms with Gasteiger partial charge in [0.15, 0.2) is 0 Å². The van der Waals surface area contributed by atoms with E-state index in [1.807, 2.05) is 62.4 Å². The largest absolute Gasteiger partial charge is 0.494 e. The number of unbranched alkanes of at least 4 members (excludes halogenated alkanes) is 4. The number of carboxylic acids is 1. The highest BCUT2D eigenvalue weighted by Gasteiger charge is 2.22. The number of nitrogens with zero attached hydrogens (tertiary/aromatic N) is 2. The first-order valence-electron chi connectivity index (χ1n) is 18.8. The first-order chi connectivity index (χ1) is 24.8. The Bertz CT molecular complexity index is 1650. The lowest BCUT2D eigenvalue weighted by Crippen LogP contribution is -2.42. The molecule has 8 heteroatoms. The number of carboxylic acid groups (broad SMARTS) is 1. The van der Waals surface area contributed by atoms with E-state index in [-0.39, 0.29) is 11.8 Å². The molecule has 1 aromatic heterocycles. The topological polar surface area (TPSA) is 115 Å². The van der Waals surface area contributed by atoms with E-state index < -0.39 is 17.9 Å². The van der Waals surface area contributed by atoms with Gasteiger partial charge in [0.2, 0.25) is 5.82 Å². The van der Waals surface area contributed by atoms with Crippen LogP contribution in [0.25, 0.3) is 22.8 Å². The maximum absolute atomic E-state index is 12.8. The Labute approximate surface area is 312 Å². The molecule has 0 aliphatic carbocycles. The normalized spacial score (nSPS) is 11.9. The Kier molecular flexibility index (Phi) is 18.6. The molecule has 1 atom stereocenters. The van der Waals surface area contributed by atoms with E-state index in [1.165, 1.54) is 31.3 Å². The number of aromatic nitrogens is 2. The summed E-state index contributed by atoms with van der Waals surface area (Å²) < 4.78 is 11.3. The van der Waals surface area contributed by atoms with Crippen molar-refractivity contribution in [1.29, 1.82) is 0 Å². The van der Waals surface area contributed by atoms with E-state index >= 15 is 0 Å². The Morgan fingerprint density at radius 3 is 2.00 bits per heavy atom. The second kappa shape index (κ2) is 22.3. The molecule has 0 bridgehead atoms. The number of amides is 1. The minimum atomic E-state index is -1.10. The van der Waals surface area contributed by atoms with Crippen LogP contribution in [0.4, 0.5) is 0 Å². The smallest absolute Gasteiger partial charge is 0.326 e. The lowest BCUT2D eigenvalue weighted by Gasteiger charge is -2.19. The Morgan fingerprint density at radius 1 is 0.885 bits per heavy atom. The van der Waals surface area contributed by atoms with Crippen molar-refractivity contribution in [3.63, 3.8) is 0 Å². The second-order valence-corrected chi connectivity index (χ2v) is 14.0. The summed E-state index contributed by atoms with van der Waals surface area (Å²) in [5.41, 5.74) is 5.22. The van der Waals surface area contributed by atoms with Crippen molar-refractivity contribution >= 4 is 11.9 Å². The van der Waals surface area contributed by atoms with Gasteiger partial charge in [0.25, 0.3) is 11.8 Å². The quantitative estimate of drug-likeness (QED) is 0.0931. The number of allylic oxidation sites excluding steroid dienone is 2. The van der Waals surface area contributed by atoms with Crippen molar-refractivity contribution in [2.45, 2.75) is 119 Å². The average Bonchev–Trinajstić information content (AvgIpc) is 3.64. The molecular formula is C44H61N3O5. The summed E-state index contributed by atoms with van der Waals surface area (Å²) in [7, 11) is 0. The molecule has 3 aromatic carbocycles. The van der Waals surface area contributed by atoms with Gasteiger partial charge in [-0.15, -0.1) is 0 Å². The lowest BCUT2D eigenvalue weighted by molar-refractivity contribution is -0.139. The van der Waals surface area contributed by atoms with Gasteiger partial charge in [0.05, 0.1) is 6.61 Å². The third-order valence-corrected chi connectivity index (χ3v) is 8.68. The summed E-state index contributed by atoms with van der Waals surface area (Å²) in [6.07, 6.45) is 8.26. The second-order valence-electron chi connectivity index (χ2n) is 14.0. The van der Waals surface area contributed by atoms with Gasteiger partial charge >= 0.3 is 5.97 Å². The van der Waals surface area contributed by atoms with Crippen molar-refractivity contribution in [2.75, 3.05) is 6.61 Å². The molecule has 2 N–H and O–H groups in total. The zero-order chi connectivity index (χ0) is 38.7. The van der Waals surface area contributed by atoms with Gasteiger partial charge < -0.3 is 19.7 Å². The zero-order valence-corrected chi connectivity index (χ0v) is 33.1. The molecule has 0 aliphatic heterocycles. The van der Waals surface area contributed by atoms with E-state index in [0.29, 0.717) is 23.9 Å². The average molecular weight is 712 g/mol. The molecule has 0 saturated carbocycles. The van der Waals surface area contributed by atoms with Crippen molar-refractivity contribution in [3.05, 3.63) is 101 Å². The van der Waals surface area contributed by atoms with Crippen molar-refractivity contribution < 1.29 is 24.0 Å². The maximum Gasteiger partial charge on any atom is 0.326 e. The van der Waals surface area contributed by atoms with E-state index in [2.05, 4.69) is 76.9 Å². The molecule has 1 unspecified atom stereocenters. The molecule has 1 amide bonds. The van der Waals surface area contributed by atoms with Crippen LogP contribution in [0.1, 0.15) is 123 Å². The highest BCUT2D eigenvalue weighted by atomic mass is 16.5. The van der Waals surface area contributed by atoms with Crippen LogP contribution in [-0.2, 0) is 16.6 Å². The molecule has 52 heavy (non-hydrogen) atoms. The van der Waals surface area contributed by atoms with Gasteiger partial charge in [-0.05, 0) is 79.1 Å². The number of benzene rings is 3. The number of hydrogen-bond donors (Lipinski definition) is 2. The van der Waals surface area contributed by atoms with Gasteiger partial charge in [-0.2, -0.15) is 4.98 Å². The molecule has 8 nitrogen and oxygen atoms in total. The number of nitrogens with one attached hydrogen (secondary N) is 1. The lowest BCUT2D eigenvalue weighted by atomic mass is 9.86. The number of rotatable bonds is 15. The molecule has 0 aliphatic rings. The van der Waals surface area contributed by atoms with E-state index in [1.54, 1.807) is 24.3 Å². The van der Waals surface area contributed by atoms with E-state index in [4.69, 9.17) is 9.26 Å². The fraction of sp³-hybridized carbons (Fsp3) is 0.455. The van der Waals surface area contributed by atoms with Crippen LogP contribution in [0.2, 0.25) is 0 Å². The summed E-state index contributed by atoms with van der Waals surface area (Å²) in [5.74, 6) is 0.833. The van der Waals surface area contributed by atoms with Crippen molar-refractivity contribution in [2.24, 2.45) is 5.92 Å². The van der Waals surface area contributed by atoms with Crippen molar-refractivity contribution in [3.8, 4) is 28.6 Å². The Morgan fingerprint density at radius 2 is 1.48 bits per heavy atom. The molecule has 0 fully saturated rings. The fourth-order valence-electron chi connectivity index (χ4n) is 4.97. The summed E-state index contributed by atoms with van der Waals surface area (Å²) in [6.45, 7) is 21.8. The summed E-state index contributed by atoms with van der Waals surface area (Å²) in [4.78, 5) is 29.2. The summed E-state index contributed by atoms with van der Waals surface area (Å²) in [6, 6.07) is 21.0. The Hall–Kier alpha value is -4.72. The molecule has 1 heterocycles. The minimum absolute atomic E-state index is 0.0401. The standard InChI is InChI=1S/C35H41N3O5.C7H14.C2H6/c1-5-6-7-8-9-22-42-29-20-16-27(17-21-29)33-37-31(38-43-33)25-12-10-24(11-13-25)23-30(34(40)41)36-32(39)26-14-18-28(19-15-26)35(2,3)4;1-5-7(4)6(2)3;1-2/h10-21,30H,5-9,22-23H2,1-4H3,(H,36,39)(H,40,41);5-6H,1-4H3;1-2H3/b;7-5+;. The first-order valence-corrected chi connectivity index (χ1v) is 18.8. The number of hydrogen-bond acceptors (Lipinski definition) is 6. The maximum atomic E-state index is 12.8. The number of carbonyl (C=O) groups is 2. The van der Waals surface area contributed by atoms with Crippen LogP contribution >= 0.6 is 0 Å². The molecule has 0 spiro atoms. The number of ether oxygens (including phenoxy) is 1. The van der Waals surface area contributed by atoms with Crippen LogP contribution in [0.3, 0.4) is 0 Å². The first kappa shape index (κ1) is 43.4. The van der Waals surface area contributed by atoms with Crippen molar-refractivity contribution in [1.82, 2.24) is 15.5 Å². The molecule has 0 saturated heterocycles. The highest BCUT2D eigenvalue weighted by Crippen LogP contribution is 2.25. The van der Waals surface area contributed by atoms with Gasteiger partial charge in [0.1, 0.15) is 11.8 Å². The van der Waals surface area contributed by atoms with Gasteiger partial charge in [-0.3, -0.25) is 4.79 Å². The van der Waals surface area contributed by atoms with Crippen LogP contribution in [-0.4, -0.2) is 39.8 Å². The van der Waals surface area contributed by atoms with Crippen LogP contribution in [0.5, 0.6) is 5.75 Å². The van der Waals surface area contributed by atoms with Crippen LogP contribution in [0, 0.1) is 5.92 Å². The third-order valence-electron chi connectivity index (χ3n) is 8.68. The minimum Gasteiger partial charge on any atom is -0.494 e. The molecule has 282 valence electrons. The number of aliphatic carboxylic acids is 1. The molecule has 0 radical (unpaired) electrons. The van der Waals surface area contributed by atoms with Crippen LogP contribution in [0.15, 0.2) is 89.0 Å². The fourth-order valence-corrected chi connectivity index (χ4v) is 4.97. The van der Waals surface area contributed by atoms with Crippen LogP contribution < -0.4 is 10.1 Å². The predicted molar refractivity (Wildman–Crippen MR) is 213 cm³/mol. The van der Waals surface area contributed by atoms with E-state index in [9.17, 15) is 14.7 Å². The molecular weight excluding hydrogens is 651 g/mol.